The Balaban J connectivity index is 1.60. The van der Waals surface area contributed by atoms with E-state index in [1.807, 2.05) is 45.0 Å². The Labute approximate surface area is 200 Å². The second-order valence-corrected chi connectivity index (χ2v) is 8.04. The van der Waals surface area contributed by atoms with Crippen molar-refractivity contribution in [2.75, 3.05) is 25.1 Å². The number of nitrogens with one attached hydrogen (secondary N) is 1. The molecule has 8 nitrogen and oxygen atoms in total. The van der Waals surface area contributed by atoms with Crippen molar-refractivity contribution in [2.24, 2.45) is 0 Å². The van der Waals surface area contributed by atoms with Crippen LogP contribution in [0.15, 0.2) is 36.4 Å². The van der Waals surface area contributed by atoms with Crippen LogP contribution in [-0.2, 0) is 13.0 Å². The summed E-state index contributed by atoms with van der Waals surface area (Å²) in [6.07, 6.45) is 4.42. The molecule has 0 saturated heterocycles. The number of ether oxygens (including phenoxy) is 3. The summed E-state index contributed by atoms with van der Waals surface area (Å²) in [4.78, 5) is 13.2. The molecule has 2 aromatic carbocycles. The minimum Gasteiger partial charge on any atom is -0.490 e. The minimum atomic E-state index is -0.262. The highest BCUT2D eigenvalue weighted by molar-refractivity contribution is 6.05. The smallest absolute Gasteiger partial charge is 0.255 e. The Morgan fingerprint density at radius 3 is 2.38 bits per heavy atom. The topological polar surface area (TPSA) is 87.5 Å². The predicted octanol–water partition coefficient (Wildman–Crippen LogP) is 5.12. The molecule has 1 N–H and O–H groups in total. The lowest BCUT2D eigenvalue weighted by Crippen LogP contribution is -2.13. The number of hydrogen-bond acceptors (Lipinski definition) is 6. The number of nitrogens with zero attached hydrogens (tertiary/aromatic N) is 3. The van der Waals surface area contributed by atoms with Gasteiger partial charge in [0.2, 0.25) is 5.75 Å². The molecular weight excluding hydrogens is 432 g/mol. The van der Waals surface area contributed by atoms with Crippen molar-refractivity contribution in [1.29, 1.82) is 0 Å². The third kappa shape index (κ3) is 5.16. The van der Waals surface area contributed by atoms with E-state index in [2.05, 4.69) is 20.1 Å². The average Bonchev–Trinajstić information content (AvgIpc) is 3.09. The van der Waals surface area contributed by atoms with E-state index in [0.29, 0.717) is 48.3 Å². The maximum absolute atomic E-state index is 13.2. The fraction of sp³-hybridized carbons (Fsp3) is 0.423. The van der Waals surface area contributed by atoms with E-state index in [9.17, 15) is 4.79 Å². The number of hydrogen-bond donors (Lipinski definition) is 1. The number of aromatic nitrogens is 3. The summed E-state index contributed by atoms with van der Waals surface area (Å²) in [5.41, 5.74) is 2.03. The molecule has 1 aliphatic rings. The molecule has 0 aliphatic carbocycles. The first-order valence-electron chi connectivity index (χ1n) is 12.0. The van der Waals surface area contributed by atoms with Crippen molar-refractivity contribution < 1.29 is 19.0 Å². The molecule has 3 aromatic rings. The highest BCUT2D eigenvalue weighted by Gasteiger charge is 2.20. The molecule has 0 atom stereocenters. The van der Waals surface area contributed by atoms with Gasteiger partial charge in [-0.2, -0.15) is 0 Å². The maximum atomic E-state index is 13.2. The lowest BCUT2D eigenvalue weighted by molar-refractivity contribution is 0.102. The first kappa shape index (κ1) is 23.6. The lowest BCUT2D eigenvalue weighted by atomic mass is 10.1. The van der Waals surface area contributed by atoms with E-state index in [1.54, 1.807) is 12.1 Å². The first-order chi connectivity index (χ1) is 16.6. The summed E-state index contributed by atoms with van der Waals surface area (Å²) >= 11 is 0. The zero-order valence-corrected chi connectivity index (χ0v) is 20.1. The molecule has 0 bridgehead atoms. The molecule has 0 saturated carbocycles. The quantitative estimate of drug-likeness (QED) is 0.473. The molecule has 0 fully saturated rings. The predicted molar refractivity (Wildman–Crippen MR) is 131 cm³/mol. The van der Waals surface area contributed by atoms with Crippen molar-refractivity contribution in [3.8, 4) is 28.6 Å². The summed E-state index contributed by atoms with van der Waals surface area (Å²) in [5, 5.41) is 11.8. The highest BCUT2D eigenvalue weighted by atomic mass is 16.5. The van der Waals surface area contributed by atoms with Gasteiger partial charge in [-0.3, -0.25) is 4.79 Å². The average molecular weight is 465 g/mol. The molecular formula is C26H32N4O4. The van der Waals surface area contributed by atoms with Gasteiger partial charge in [0.15, 0.2) is 17.3 Å². The van der Waals surface area contributed by atoms with E-state index in [4.69, 9.17) is 14.2 Å². The zero-order valence-electron chi connectivity index (χ0n) is 20.1. The van der Waals surface area contributed by atoms with Gasteiger partial charge in [-0.05, 0) is 57.9 Å². The molecule has 180 valence electrons. The molecule has 1 aliphatic heterocycles. The number of amides is 1. The third-order valence-electron chi connectivity index (χ3n) is 5.66. The highest BCUT2D eigenvalue weighted by Crippen LogP contribution is 2.39. The van der Waals surface area contributed by atoms with Gasteiger partial charge in [0.1, 0.15) is 5.82 Å². The van der Waals surface area contributed by atoms with Gasteiger partial charge >= 0.3 is 0 Å². The summed E-state index contributed by atoms with van der Waals surface area (Å²) in [5.74, 6) is 3.09. The van der Waals surface area contributed by atoms with Crippen molar-refractivity contribution >= 4 is 11.6 Å². The Kier molecular flexibility index (Phi) is 7.67. The number of carbonyl (C=O) groups is 1. The SMILES string of the molecule is CCOc1cc(C(=O)Nc2cccc(-c3nnc4n3CCCCC4)c2)cc(OCC)c1OCC. The van der Waals surface area contributed by atoms with Gasteiger partial charge in [-0.25, -0.2) is 0 Å². The molecule has 1 amide bonds. The van der Waals surface area contributed by atoms with Crippen LogP contribution in [0.4, 0.5) is 5.69 Å². The molecule has 0 unspecified atom stereocenters. The maximum Gasteiger partial charge on any atom is 0.255 e. The molecule has 0 spiro atoms. The summed E-state index contributed by atoms with van der Waals surface area (Å²) in [6, 6.07) is 11.1. The fourth-order valence-electron chi connectivity index (χ4n) is 4.16. The van der Waals surface area contributed by atoms with Crippen molar-refractivity contribution in [3.05, 3.63) is 47.8 Å². The summed E-state index contributed by atoms with van der Waals surface area (Å²) < 4.78 is 19.4. The van der Waals surface area contributed by atoms with Gasteiger partial charge in [0.25, 0.3) is 5.91 Å². The number of rotatable bonds is 9. The van der Waals surface area contributed by atoms with Gasteiger partial charge in [0.05, 0.1) is 19.8 Å². The largest absolute Gasteiger partial charge is 0.490 e. The van der Waals surface area contributed by atoms with Gasteiger partial charge in [-0.1, -0.05) is 18.6 Å². The van der Waals surface area contributed by atoms with Crippen LogP contribution in [0.2, 0.25) is 0 Å². The van der Waals surface area contributed by atoms with E-state index in [0.717, 1.165) is 43.0 Å². The zero-order chi connectivity index (χ0) is 23.9. The summed E-state index contributed by atoms with van der Waals surface area (Å²) in [7, 11) is 0. The monoisotopic (exact) mass is 464 g/mol. The van der Waals surface area contributed by atoms with E-state index in [-0.39, 0.29) is 5.91 Å². The normalized spacial score (nSPS) is 13.0. The van der Waals surface area contributed by atoms with Crippen molar-refractivity contribution in [2.45, 2.75) is 53.0 Å². The number of aryl methyl sites for hydroxylation is 1. The second kappa shape index (κ2) is 11.0. The fourth-order valence-corrected chi connectivity index (χ4v) is 4.16. The van der Waals surface area contributed by atoms with Gasteiger partial charge in [-0.15, -0.1) is 10.2 Å². The van der Waals surface area contributed by atoms with Crippen LogP contribution >= 0.6 is 0 Å². The number of benzene rings is 2. The van der Waals surface area contributed by atoms with E-state index < -0.39 is 0 Å². The van der Waals surface area contributed by atoms with Crippen LogP contribution in [0.5, 0.6) is 17.2 Å². The first-order valence-corrected chi connectivity index (χ1v) is 12.0. The number of carbonyl (C=O) groups excluding carboxylic acids is 1. The van der Waals surface area contributed by atoms with Crippen LogP contribution in [-0.4, -0.2) is 40.5 Å². The van der Waals surface area contributed by atoms with Gasteiger partial charge < -0.3 is 24.1 Å². The minimum absolute atomic E-state index is 0.262. The molecule has 4 rings (SSSR count). The molecule has 8 heteroatoms. The van der Waals surface area contributed by atoms with Crippen LogP contribution in [0.3, 0.4) is 0 Å². The molecule has 0 radical (unpaired) electrons. The Morgan fingerprint density at radius 2 is 1.68 bits per heavy atom. The second-order valence-electron chi connectivity index (χ2n) is 8.04. The Hall–Kier alpha value is -3.55. The lowest BCUT2D eigenvalue weighted by Gasteiger charge is -2.17. The molecule has 2 heterocycles. The number of fused-ring (bicyclic) bond motifs is 1. The van der Waals surface area contributed by atoms with Crippen molar-refractivity contribution in [1.82, 2.24) is 14.8 Å². The Morgan fingerprint density at radius 1 is 0.941 bits per heavy atom. The van der Waals surface area contributed by atoms with Crippen LogP contribution < -0.4 is 19.5 Å². The van der Waals surface area contributed by atoms with Crippen molar-refractivity contribution in [3.63, 3.8) is 0 Å². The third-order valence-corrected chi connectivity index (χ3v) is 5.66. The standard InChI is InChI=1S/C26H32N4O4/c1-4-32-21-16-19(17-22(33-5-2)24(21)34-6-3)26(31)27-20-12-10-11-18(15-20)25-29-28-23-13-8-7-9-14-30(23)25/h10-12,15-17H,4-9,13-14H2,1-3H3,(H,27,31). The van der Waals surface area contributed by atoms with Crippen LogP contribution in [0.1, 0.15) is 56.2 Å². The van der Waals surface area contributed by atoms with E-state index >= 15 is 0 Å². The Bertz CT molecular complexity index is 1110. The van der Waals surface area contributed by atoms with Gasteiger partial charge in [0, 0.05) is 29.8 Å². The van der Waals surface area contributed by atoms with E-state index in [1.165, 1.54) is 6.42 Å². The molecule has 1 aromatic heterocycles. The summed E-state index contributed by atoms with van der Waals surface area (Å²) in [6.45, 7) is 7.95. The van der Waals surface area contributed by atoms with Crippen LogP contribution in [0, 0.1) is 0 Å². The van der Waals surface area contributed by atoms with Crippen LogP contribution in [0.25, 0.3) is 11.4 Å². The number of anilines is 1. The molecule has 34 heavy (non-hydrogen) atoms.